The quantitative estimate of drug-likeness (QED) is 0.622. The zero-order valence-corrected chi connectivity index (χ0v) is 15.4. The van der Waals surface area contributed by atoms with Crippen LogP contribution in [0.3, 0.4) is 0 Å². The molecule has 1 heterocycles. The maximum Gasteiger partial charge on any atom is 0.341 e. The van der Waals surface area contributed by atoms with Crippen LogP contribution in [0.15, 0.2) is 24.3 Å². The van der Waals surface area contributed by atoms with Gasteiger partial charge in [-0.15, -0.1) is 11.3 Å². The number of ether oxygens (including phenoxy) is 1. The molecule has 1 aromatic carbocycles. The first-order chi connectivity index (χ1) is 10.9. The number of hydrogen-bond donors (Lipinski definition) is 2. The number of benzene rings is 1. The summed E-state index contributed by atoms with van der Waals surface area (Å²) in [4.78, 5) is 13.0. The van der Waals surface area contributed by atoms with Crippen molar-refractivity contribution in [3.05, 3.63) is 50.9 Å². The maximum atomic E-state index is 11.9. The normalized spacial score (nSPS) is 10.3. The van der Waals surface area contributed by atoms with Gasteiger partial charge in [0.2, 0.25) is 0 Å². The largest absolute Gasteiger partial charge is 0.465 e. The molecule has 0 bridgehead atoms. The summed E-state index contributed by atoms with van der Waals surface area (Å²) in [6.45, 7) is 4.35. The van der Waals surface area contributed by atoms with Crippen molar-refractivity contribution in [1.82, 2.24) is 5.32 Å². The molecule has 2 N–H and O–H groups in total. The van der Waals surface area contributed by atoms with Crippen LogP contribution < -0.4 is 10.6 Å². The molecule has 0 radical (unpaired) electrons. The number of thiocarbonyl (C=S) groups is 1. The molecule has 0 fully saturated rings. The highest BCUT2D eigenvalue weighted by Gasteiger charge is 2.20. The van der Waals surface area contributed by atoms with Crippen LogP contribution in [-0.4, -0.2) is 18.2 Å². The fourth-order valence-electron chi connectivity index (χ4n) is 2.03. The summed E-state index contributed by atoms with van der Waals surface area (Å²) in [6, 6.07) is 7.55. The molecule has 0 unspecified atom stereocenters. The van der Waals surface area contributed by atoms with E-state index in [0.717, 1.165) is 16.0 Å². The van der Waals surface area contributed by atoms with Crippen molar-refractivity contribution >= 4 is 51.2 Å². The van der Waals surface area contributed by atoms with Crippen LogP contribution in [0.4, 0.5) is 5.00 Å². The molecule has 2 rings (SSSR count). The number of rotatable bonds is 4. The number of halogens is 1. The number of anilines is 1. The van der Waals surface area contributed by atoms with Gasteiger partial charge < -0.3 is 15.4 Å². The topological polar surface area (TPSA) is 50.4 Å². The van der Waals surface area contributed by atoms with E-state index in [9.17, 15) is 4.79 Å². The van der Waals surface area contributed by atoms with E-state index in [4.69, 9.17) is 28.6 Å². The lowest BCUT2D eigenvalue weighted by Crippen LogP contribution is -2.28. The Hall–Kier alpha value is -1.63. The number of hydrogen-bond acceptors (Lipinski definition) is 4. The average Bonchev–Trinajstić information content (AvgIpc) is 2.80. The summed E-state index contributed by atoms with van der Waals surface area (Å²) >= 11 is 12.9. The molecule has 0 amide bonds. The molecular formula is C16H17ClN2O2S2. The van der Waals surface area contributed by atoms with Crippen LogP contribution in [0.1, 0.15) is 26.4 Å². The Kier molecular flexibility index (Phi) is 5.98. The van der Waals surface area contributed by atoms with Gasteiger partial charge in [-0.1, -0.05) is 29.8 Å². The summed E-state index contributed by atoms with van der Waals surface area (Å²) in [6.07, 6.45) is 0. The minimum atomic E-state index is -0.372. The number of aryl methyl sites for hydroxylation is 1. The third-order valence-corrected chi connectivity index (χ3v) is 5.14. The Balaban J connectivity index is 2.08. The van der Waals surface area contributed by atoms with E-state index in [2.05, 4.69) is 10.6 Å². The fourth-order valence-corrected chi connectivity index (χ4v) is 3.52. The first-order valence-electron chi connectivity index (χ1n) is 6.90. The minimum Gasteiger partial charge on any atom is -0.465 e. The first-order valence-corrected chi connectivity index (χ1v) is 8.51. The molecule has 4 nitrogen and oxygen atoms in total. The lowest BCUT2D eigenvalue weighted by molar-refractivity contribution is 0.0601. The summed E-state index contributed by atoms with van der Waals surface area (Å²) in [5.41, 5.74) is 2.38. The maximum absolute atomic E-state index is 11.9. The monoisotopic (exact) mass is 368 g/mol. The molecule has 122 valence electrons. The van der Waals surface area contributed by atoms with Crippen LogP contribution in [0.5, 0.6) is 0 Å². The standard InChI is InChI=1S/C16H17ClN2O2S2/c1-9-10(2)23-14(13(9)15(20)21-3)19-16(22)18-8-11-6-4-5-7-12(11)17/h4-7H,8H2,1-3H3,(H2,18,19,22). The Morgan fingerprint density at radius 3 is 2.70 bits per heavy atom. The number of thiophene rings is 1. The molecule has 23 heavy (non-hydrogen) atoms. The van der Waals surface area contributed by atoms with Crippen LogP contribution in [0.25, 0.3) is 0 Å². The van der Waals surface area contributed by atoms with Crippen LogP contribution in [0, 0.1) is 13.8 Å². The van der Waals surface area contributed by atoms with Gasteiger partial charge in [0.05, 0.1) is 12.7 Å². The molecule has 0 atom stereocenters. The smallest absolute Gasteiger partial charge is 0.341 e. The summed E-state index contributed by atoms with van der Waals surface area (Å²) in [5, 5.41) is 7.96. The number of carbonyl (C=O) groups is 1. The van der Waals surface area contributed by atoms with E-state index in [0.29, 0.717) is 27.2 Å². The number of methoxy groups -OCH3 is 1. The van der Waals surface area contributed by atoms with E-state index in [1.165, 1.54) is 18.4 Å². The average molecular weight is 369 g/mol. The van der Waals surface area contributed by atoms with Crippen molar-refractivity contribution in [2.75, 3.05) is 12.4 Å². The highest BCUT2D eigenvalue weighted by molar-refractivity contribution is 7.80. The molecule has 1 aromatic heterocycles. The van der Waals surface area contributed by atoms with Gasteiger partial charge in [-0.3, -0.25) is 0 Å². The third kappa shape index (κ3) is 4.22. The molecule has 7 heteroatoms. The van der Waals surface area contributed by atoms with Gasteiger partial charge in [-0.2, -0.15) is 0 Å². The molecule has 0 saturated heterocycles. The second-order valence-electron chi connectivity index (χ2n) is 4.88. The van der Waals surface area contributed by atoms with Crippen LogP contribution >= 0.6 is 35.2 Å². The van der Waals surface area contributed by atoms with Crippen molar-refractivity contribution in [2.45, 2.75) is 20.4 Å². The van der Waals surface area contributed by atoms with E-state index in [1.807, 2.05) is 38.1 Å². The molecular weight excluding hydrogens is 352 g/mol. The summed E-state index contributed by atoms with van der Waals surface area (Å²) in [7, 11) is 1.37. The summed E-state index contributed by atoms with van der Waals surface area (Å²) < 4.78 is 4.84. The SMILES string of the molecule is COC(=O)c1c(NC(=S)NCc2ccccc2Cl)sc(C)c1C. The Bertz CT molecular complexity index is 744. The minimum absolute atomic E-state index is 0.372. The van der Waals surface area contributed by atoms with Gasteiger partial charge in [0.25, 0.3) is 0 Å². The van der Waals surface area contributed by atoms with Crippen molar-refractivity contribution in [1.29, 1.82) is 0 Å². The van der Waals surface area contributed by atoms with Crippen molar-refractivity contribution in [3.8, 4) is 0 Å². The highest BCUT2D eigenvalue weighted by atomic mass is 35.5. The lowest BCUT2D eigenvalue weighted by Gasteiger charge is -2.11. The fraction of sp³-hybridized carbons (Fsp3) is 0.250. The molecule has 0 aliphatic heterocycles. The van der Waals surface area contributed by atoms with Crippen LogP contribution in [-0.2, 0) is 11.3 Å². The number of nitrogens with one attached hydrogen (secondary N) is 2. The zero-order valence-electron chi connectivity index (χ0n) is 13.0. The predicted octanol–water partition coefficient (Wildman–Crippen LogP) is 4.29. The Morgan fingerprint density at radius 1 is 1.35 bits per heavy atom. The molecule has 0 aliphatic rings. The number of carbonyl (C=O) groups excluding carboxylic acids is 1. The van der Waals surface area contributed by atoms with Crippen molar-refractivity contribution in [3.63, 3.8) is 0 Å². The first kappa shape index (κ1) is 17.7. The Labute approximate surface area is 149 Å². The second-order valence-corrected chi connectivity index (χ2v) is 6.92. The van der Waals surface area contributed by atoms with Gasteiger partial charge in [0, 0.05) is 16.4 Å². The van der Waals surface area contributed by atoms with E-state index >= 15 is 0 Å². The highest BCUT2D eigenvalue weighted by Crippen LogP contribution is 2.32. The number of esters is 1. The lowest BCUT2D eigenvalue weighted by atomic mass is 10.1. The van der Waals surface area contributed by atoms with Crippen molar-refractivity contribution in [2.24, 2.45) is 0 Å². The molecule has 0 spiro atoms. The predicted molar refractivity (Wildman–Crippen MR) is 99.6 cm³/mol. The van der Waals surface area contributed by atoms with E-state index in [1.54, 1.807) is 0 Å². The molecule has 0 aliphatic carbocycles. The van der Waals surface area contributed by atoms with Gasteiger partial charge in [-0.25, -0.2) is 4.79 Å². The van der Waals surface area contributed by atoms with Gasteiger partial charge >= 0.3 is 5.97 Å². The van der Waals surface area contributed by atoms with E-state index < -0.39 is 0 Å². The third-order valence-electron chi connectivity index (χ3n) is 3.40. The van der Waals surface area contributed by atoms with Gasteiger partial charge in [0.15, 0.2) is 5.11 Å². The zero-order chi connectivity index (χ0) is 17.0. The summed E-state index contributed by atoms with van der Waals surface area (Å²) in [5.74, 6) is -0.372. The molecule has 0 saturated carbocycles. The van der Waals surface area contributed by atoms with Crippen LogP contribution in [0.2, 0.25) is 5.02 Å². The second kappa shape index (κ2) is 7.77. The van der Waals surface area contributed by atoms with Gasteiger partial charge in [-0.05, 0) is 43.3 Å². The van der Waals surface area contributed by atoms with Crippen molar-refractivity contribution < 1.29 is 9.53 Å². The molecule has 2 aromatic rings. The van der Waals surface area contributed by atoms with Gasteiger partial charge in [0.1, 0.15) is 5.00 Å². The Morgan fingerprint density at radius 2 is 2.04 bits per heavy atom. The van der Waals surface area contributed by atoms with E-state index in [-0.39, 0.29) is 5.97 Å².